The monoisotopic (exact) mass is 475 g/mol. The number of amides is 1. The van der Waals surface area contributed by atoms with Gasteiger partial charge in [0, 0.05) is 47.9 Å². The van der Waals surface area contributed by atoms with Crippen LogP contribution in [0.4, 0.5) is 5.69 Å². The topological polar surface area (TPSA) is 78.5 Å². The summed E-state index contributed by atoms with van der Waals surface area (Å²) in [6, 6.07) is 12.5. The zero-order chi connectivity index (χ0) is 23.4. The molecule has 0 bridgehead atoms. The van der Waals surface area contributed by atoms with Crippen molar-refractivity contribution in [2.75, 3.05) is 36.5 Å². The third-order valence-corrected chi connectivity index (χ3v) is 7.93. The van der Waals surface area contributed by atoms with Crippen LogP contribution in [0.1, 0.15) is 42.3 Å². The van der Waals surface area contributed by atoms with Crippen LogP contribution in [0.15, 0.2) is 47.4 Å². The predicted octanol–water partition coefficient (Wildman–Crippen LogP) is 3.92. The second-order valence-electron chi connectivity index (χ2n) is 9.19. The smallest absolute Gasteiger partial charge is 0.255 e. The lowest BCUT2D eigenvalue weighted by Gasteiger charge is -2.26. The molecule has 6 nitrogen and oxygen atoms in total. The third-order valence-electron chi connectivity index (χ3n) is 5.24. The maximum absolute atomic E-state index is 12.9. The molecule has 3 rings (SSSR count). The van der Waals surface area contributed by atoms with Gasteiger partial charge in [-0.05, 0) is 69.5 Å². The van der Waals surface area contributed by atoms with E-state index in [1.165, 1.54) is 29.2 Å². The molecule has 1 amide bonds. The minimum Gasteiger partial charge on any atom is -0.322 e. The summed E-state index contributed by atoms with van der Waals surface area (Å²) < 4.78 is 27.9. The van der Waals surface area contributed by atoms with Crippen molar-refractivity contribution in [2.45, 2.75) is 44.6 Å². The Morgan fingerprint density at radius 3 is 2.34 bits per heavy atom. The number of benzene rings is 2. The molecule has 1 saturated heterocycles. The Labute approximate surface area is 196 Å². The van der Waals surface area contributed by atoms with Crippen molar-refractivity contribution in [3.8, 4) is 0 Å². The van der Waals surface area contributed by atoms with Crippen LogP contribution < -0.4 is 10.0 Å². The van der Waals surface area contributed by atoms with Crippen molar-refractivity contribution in [2.24, 2.45) is 0 Å². The molecule has 174 valence electrons. The minimum atomic E-state index is -3.72. The van der Waals surface area contributed by atoms with Gasteiger partial charge in [-0.1, -0.05) is 18.2 Å². The highest BCUT2D eigenvalue weighted by atomic mass is 32.2. The van der Waals surface area contributed by atoms with Gasteiger partial charge in [-0.3, -0.25) is 4.79 Å². The summed E-state index contributed by atoms with van der Waals surface area (Å²) in [6.07, 6.45) is 0.985. The summed E-state index contributed by atoms with van der Waals surface area (Å²) in [7, 11) is -3.72. The van der Waals surface area contributed by atoms with Crippen LogP contribution in [-0.2, 0) is 16.4 Å². The van der Waals surface area contributed by atoms with Crippen LogP contribution in [0.2, 0.25) is 0 Å². The first-order valence-electron chi connectivity index (χ1n) is 10.9. The predicted molar refractivity (Wildman–Crippen MR) is 133 cm³/mol. The number of hydrogen-bond donors (Lipinski definition) is 2. The number of anilines is 1. The fraction of sp³-hybridized carbons (Fsp3) is 0.458. The molecular formula is C24H33N3O3S2. The molecule has 0 aliphatic carbocycles. The van der Waals surface area contributed by atoms with Gasteiger partial charge in [0.1, 0.15) is 0 Å². The molecule has 2 N–H and O–H groups in total. The summed E-state index contributed by atoms with van der Waals surface area (Å²) >= 11 is 2.01. The van der Waals surface area contributed by atoms with Crippen LogP contribution in [0.3, 0.4) is 0 Å². The number of carbonyl (C=O) groups excluding carboxylic acids is 1. The number of aryl methyl sites for hydroxylation is 1. The van der Waals surface area contributed by atoms with Crippen molar-refractivity contribution in [3.63, 3.8) is 0 Å². The van der Waals surface area contributed by atoms with Gasteiger partial charge in [-0.25, -0.2) is 13.1 Å². The lowest BCUT2D eigenvalue weighted by Crippen LogP contribution is -2.40. The number of hydrogen-bond acceptors (Lipinski definition) is 5. The molecule has 0 saturated carbocycles. The first kappa shape index (κ1) is 24.8. The highest BCUT2D eigenvalue weighted by molar-refractivity contribution is 7.99. The average Bonchev–Trinajstić information content (AvgIpc) is 2.72. The molecule has 0 atom stereocenters. The van der Waals surface area contributed by atoms with Crippen molar-refractivity contribution in [1.29, 1.82) is 0 Å². The Hall–Kier alpha value is -1.87. The SMILES string of the molecule is Cc1ccc(S(=O)(=O)NC(C)(C)C)cc1C(=O)Nc1ccc(CCN2CCSCC2)cc1. The van der Waals surface area contributed by atoms with Crippen LogP contribution in [-0.4, -0.2) is 55.9 Å². The van der Waals surface area contributed by atoms with E-state index in [0.717, 1.165) is 26.1 Å². The molecule has 0 unspecified atom stereocenters. The lowest BCUT2D eigenvalue weighted by atomic mass is 10.1. The standard InChI is InChI=1S/C24H33N3O3S2/c1-18-5-10-21(32(29,30)26-24(2,3)4)17-22(18)23(28)25-20-8-6-19(7-9-20)11-12-27-13-15-31-16-14-27/h5-10,17,26H,11-16H2,1-4H3,(H,25,28). The fourth-order valence-electron chi connectivity index (χ4n) is 3.54. The van der Waals surface area contributed by atoms with E-state index in [1.807, 2.05) is 36.0 Å². The zero-order valence-corrected chi connectivity index (χ0v) is 20.9. The molecule has 0 radical (unpaired) electrons. The zero-order valence-electron chi connectivity index (χ0n) is 19.3. The van der Waals surface area contributed by atoms with Gasteiger partial charge >= 0.3 is 0 Å². The molecule has 1 fully saturated rings. The van der Waals surface area contributed by atoms with Crippen LogP contribution in [0.25, 0.3) is 0 Å². The van der Waals surface area contributed by atoms with E-state index < -0.39 is 15.6 Å². The second-order valence-corrected chi connectivity index (χ2v) is 12.1. The highest BCUT2D eigenvalue weighted by Gasteiger charge is 2.23. The molecular weight excluding hydrogens is 442 g/mol. The average molecular weight is 476 g/mol. The van der Waals surface area contributed by atoms with Gasteiger partial charge in [0.05, 0.1) is 4.90 Å². The maximum atomic E-state index is 12.9. The normalized spacial score (nSPS) is 15.5. The van der Waals surface area contributed by atoms with E-state index in [1.54, 1.807) is 33.8 Å². The van der Waals surface area contributed by atoms with E-state index in [9.17, 15) is 13.2 Å². The molecule has 2 aromatic carbocycles. The van der Waals surface area contributed by atoms with Crippen LogP contribution in [0.5, 0.6) is 0 Å². The quantitative estimate of drug-likeness (QED) is 0.635. The van der Waals surface area contributed by atoms with Crippen LogP contribution in [0, 0.1) is 6.92 Å². The fourth-order valence-corrected chi connectivity index (χ4v) is 5.96. The molecule has 8 heteroatoms. The largest absolute Gasteiger partial charge is 0.322 e. The number of nitrogens with one attached hydrogen (secondary N) is 2. The minimum absolute atomic E-state index is 0.0784. The lowest BCUT2D eigenvalue weighted by molar-refractivity contribution is 0.102. The first-order chi connectivity index (χ1) is 15.0. The summed E-state index contributed by atoms with van der Waals surface area (Å²) in [4.78, 5) is 15.5. The Balaban J connectivity index is 1.66. The van der Waals surface area contributed by atoms with Crippen molar-refractivity contribution < 1.29 is 13.2 Å². The van der Waals surface area contributed by atoms with E-state index >= 15 is 0 Å². The maximum Gasteiger partial charge on any atom is 0.255 e. The number of nitrogens with zero attached hydrogens (tertiary/aromatic N) is 1. The van der Waals surface area contributed by atoms with Crippen molar-refractivity contribution in [3.05, 3.63) is 59.2 Å². The van der Waals surface area contributed by atoms with E-state index in [0.29, 0.717) is 16.8 Å². The van der Waals surface area contributed by atoms with E-state index in [-0.39, 0.29) is 10.8 Å². The molecule has 2 aromatic rings. The summed E-state index contributed by atoms with van der Waals surface area (Å²) in [5, 5.41) is 2.89. The second kappa shape index (κ2) is 10.4. The summed E-state index contributed by atoms with van der Waals surface area (Å²) in [5.74, 6) is 2.09. The van der Waals surface area contributed by atoms with E-state index in [2.05, 4.69) is 14.9 Å². The molecule has 1 aliphatic rings. The van der Waals surface area contributed by atoms with Crippen molar-refractivity contribution >= 4 is 33.4 Å². The van der Waals surface area contributed by atoms with Crippen LogP contribution >= 0.6 is 11.8 Å². The Morgan fingerprint density at radius 1 is 1.06 bits per heavy atom. The third kappa shape index (κ3) is 7.07. The summed E-state index contributed by atoms with van der Waals surface area (Å²) in [6.45, 7) is 10.5. The number of carbonyl (C=O) groups is 1. The van der Waals surface area contributed by atoms with Gasteiger partial charge in [-0.2, -0.15) is 11.8 Å². The molecule has 1 aliphatic heterocycles. The number of rotatable bonds is 7. The molecule has 0 aromatic heterocycles. The molecule has 1 heterocycles. The Bertz CT molecular complexity index is 1040. The molecule has 32 heavy (non-hydrogen) atoms. The molecule has 0 spiro atoms. The van der Waals surface area contributed by atoms with Gasteiger partial charge < -0.3 is 10.2 Å². The Kier molecular flexibility index (Phi) is 8.03. The highest BCUT2D eigenvalue weighted by Crippen LogP contribution is 2.20. The first-order valence-corrected chi connectivity index (χ1v) is 13.5. The van der Waals surface area contributed by atoms with Gasteiger partial charge in [0.25, 0.3) is 5.91 Å². The number of thioether (sulfide) groups is 1. The van der Waals surface area contributed by atoms with Gasteiger partial charge in [0.15, 0.2) is 0 Å². The summed E-state index contributed by atoms with van der Waals surface area (Å²) in [5.41, 5.74) is 2.37. The van der Waals surface area contributed by atoms with Crippen molar-refractivity contribution in [1.82, 2.24) is 9.62 Å². The number of sulfonamides is 1. The van der Waals surface area contributed by atoms with Gasteiger partial charge in [-0.15, -0.1) is 0 Å². The van der Waals surface area contributed by atoms with Gasteiger partial charge in [0.2, 0.25) is 10.0 Å². The Morgan fingerprint density at radius 2 is 1.72 bits per heavy atom. The van der Waals surface area contributed by atoms with E-state index in [4.69, 9.17) is 0 Å².